The van der Waals surface area contributed by atoms with E-state index in [0.29, 0.717) is 22.1 Å². The first-order valence-electron chi connectivity index (χ1n) is 6.64. The van der Waals surface area contributed by atoms with Crippen molar-refractivity contribution in [2.24, 2.45) is 0 Å². The minimum Gasteiger partial charge on any atom is -0.493 e. The Labute approximate surface area is 130 Å². The molecule has 21 heavy (non-hydrogen) atoms. The normalized spacial score (nSPS) is 12.1. The average Bonchev–Trinajstić information content (AvgIpc) is 2.46. The molecular weight excluding hydrogens is 288 g/mol. The molecule has 0 aliphatic carbocycles. The summed E-state index contributed by atoms with van der Waals surface area (Å²) >= 11 is 6.24. The van der Waals surface area contributed by atoms with E-state index >= 15 is 0 Å². The molecular formula is C17H19ClO3. The Morgan fingerprint density at radius 2 is 1.57 bits per heavy atom. The van der Waals surface area contributed by atoms with Crippen LogP contribution in [0, 0.1) is 13.8 Å². The van der Waals surface area contributed by atoms with E-state index in [4.69, 9.17) is 21.1 Å². The smallest absolute Gasteiger partial charge is 0.161 e. The lowest BCUT2D eigenvalue weighted by Crippen LogP contribution is -2.04. The van der Waals surface area contributed by atoms with Crippen LogP contribution in [-0.4, -0.2) is 19.3 Å². The molecule has 0 heterocycles. The quantitative estimate of drug-likeness (QED) is 0.926. The highest BCUT2D eigenvalue weighted by atomic mass is 35.5. The third kappa shape index (κ3) is 3.14. The predicted octanol–water partition coefficient (Wildman–Crippen LogP) is 4.06. The number of aryl methyl sites for hydroxylation is 2. The molecule has 0 radical (unpaired) electrons. The van der Waals surface area contributed by atoms with Gasteiger partial charge in [0.05, 0.1) is 14.2 Å². The number of benzene rings is 2. The maximum Gasteiger partial charge on any atom is 0.161 e. The molecule has 0 bridgehead atoms. The van der Waals surface area contributed by atoms with Crippen molar-refractivity contribution in [2.45, 2.75) is 20.0 Å². The first kappa shape index (κ1) is 15.7. The highest BCUT2D eigenvalue weighted by Crippen LogP contribution is 2.36. The van der Waals surface area contributed by atoms with Crippen LogP contribution in [0.4, 0.5) is 0 Å². The Morgan fingerprint density at radius 1 is 0.952 bits per heavy atom. The fourth-order valence-corrected chi connectivity index (χ4v) is 2.65. The van der Waals surface area contributed by atoms with Crippen molar-refractivity contribution in [1.82, 2.24) is 0 Å². The summed E-state index contributed by atoms with van der Waals surface area (Å²) < 4.78 is 10.6. The van der Waals surface area contributed by atoms with Gasteiger partial charge in [0, 0.05) is 10.6 Å². The topological polar surface area (TPSA) is 38.7 Å². The van der Waals surface area contributed by atoms with E-state index in [1.54, 1.807) is 20.3 Å². The third-order valence-electron chi connectivity index (χ3n) is 3.52. The highest BCUT2D eigenvalue weighted by molar-refractivity contribution is 6.31. The van der Waals surface area contributed by atoms with E-state index in [1.165, 1.54) is 0 Å². The van der Waals surface area contributed by atoms with Gasteiger partial charge in [0.2, 0.25) is 0 Å². The number of hydrogen-bond donors (Lipinski definition) is 1. The number of ether oxygens (including phenoxy) is 2. The molecule has 0 aromatic heterocycles. The van der Waals surface area contributed by atoms with Gasteiger partial charge in [-0.05, 0) is 48.7 Å². The van der Waals surface area contributed by atoms with Crippen molar-refractivity contribution in [3.8, 4) is 11.5 Å². The van der Waals surface area contributed by atoms with E-state index in [-0.39, 0.29) is 0 Å². The second-order valence-electron chi connectivity index (χ2n) is 4.99. The number of hydrogen-bond acceptors (Lipinski definition) is 3. The molecule has 0 fully saturated rings. The lowest BCUT2D eigenvalue weighted by atomic mass is 9.96. The molecule has 2 rings (SSSR count). The van der Waals surface area contributed by atoms with Gasteiger partial charge >= 0.3 is 0 Å². The molecule has 1 atom stereocenters. The minimum atomic E-state index is -0.807. The fraction of sp³-hybridized carbons (Fsp3) is 0.294. The summed E-state index contributed by atoms with van der Waals surface area (Å²) in [5.74, 6) is 1.22. The number of aliphatic hydroxyl groups is 1. The van der Waals surface area contributed by atoms with Gasteiger partial charge in [0.25, 0.3) is 0 Å². The maximum absolute atomic E-state index is 10.6. The monoisotopic (exact) mass is 306 g/mol. The van der Waals surface area contributed by atoms with Gasteiger partial charge in [-0.3, -0.25) is 0 Å². The molecule has 112 valence electrons. The van der Waals surface area contributed by atoms with Crippen molar-refractivity contribution in [3.05, 3.63) is 57.6 Å². The molecule has 1 unspecified atom stereocenters. The number of halogens is 1. The summed E-state index contributed by atoms with van der Waals surface area (Å²) in [5, 5.41) is 11.2. The van der Waals surface area contributed by atoms with Crippen LogP contribution in [0.25, 0.3) is 0 Å². The standard InChI is InChI=1S/C17H19ClO3/c1-10-5-6-12(14(18)7-10)17(19)13-9-16(21-4)15(20-3)8-11(13)2/h5-9,17,19H,1-4H3. The summed E-state index contributed by atoms with van der Waals surface area (Å²) in [6, 6.07) is 9.25. The van der Waals surface area contributed by atoms with Crippen LogP contribution in [0.2, 0.25) is 5.02 Å². The summed E-state index contributed by atoms with van der Waals surface area (Å²) in [7, 11) is 3.16. The zero-order valence-corrected chi connectivity index (χ0v) is 13.4. The molecule has 1 N–H and O–H groups in total. The molecule has 0 amide bonds. The van der Waals surface area contributed by atoms with Gasteiger partial charge in [-0.25, -0.2) is 0 Å². The largest absolute Gasteiger partial charge is 0.493 e. The van der Waals surface area contributed by atoms with Gasteiger partial charge in [-0.1, -0.05) is 23.7 Å². The molecule has 0 spiro atoms. The van der Waals surface area contributed by atoms with Crippen LogP contribution in [0.15, 0.2) is 30.3 Å². The zero-order valence-electron chi connectivity index (χ0n) is 12.6. The van der Waals surface area contributed by atoms with Crippen molar-refractivity contribution in [1.29, 1.82) is 0 Å². The Morgan fingerprint density at radius 3 is 2.14 bits per heavy atom. The Kier molecular flexibility index (Phi) is 4.76. The van der Waals surface area contributed by atoms with E-state index in [9.17, 15) is 5.11 Å². The van der Waals surface area contributed by atoms with Gasteiger partial charge in [0.1, 0.15) is 6.10 Å². The van der Waals surface area contributed by atoms with Gasteiger partial charge < -0.3 is 14.6 Å². The van der Waals surface area contributed by atoms with Crippen molar-refractivity contribution < 1.29 is 14.6 Å². The van der Waals surface area contributed by atoms with Crippen LogP contribution in [0.1, 0.15) is 28.4 Å². The van der Waals surface area contributed by atoms with Crippen molar-refractivity contribution in [3.63, 3.8) is 0 Å². The summed E-state index contributed by atoms with van der Waals surface area (Å²) in [6.07, 6.45) is -0.807. The van der Waals surface area contributed by atoms with Crippen LogP contribution in [-0.2, 0) is 0 Å². The molecule has 0 aliphatic heterocycles. The Bertz CT molecular complexity index is 653. The lowest BCUT2D eigenvalue weighted by molar-refractivity contribution is 0.218. The van der Waals surface area contributed by atoms with Gasteiger partial charge in [-0.15, -0.1) is 0 Å². The van der Waals surface area contributed by atoms with Gasteiger partial charge in [-0.2, -0.15) is 0 Å². The molecule has 2 aromatic rings. The molecule has 0 saturated heterocycles. The first-order valence-corrected chi connectivity index (χ1v) is 7.02. The van der Waals surface area contributed by atoms with Crippen molar-refractivity contribution in [2.75, 3.05) is 14.2 Å². The predicted molar refractivity (Wildman–Crippen MR) is 84.5 cm³/mol. The van der Waals surface area contributed by atoms with E-state index < -0.39 is 6.10 Å². The van der Waals surface area contributed by atoms with E-state index in [1.807, 2.05) is 38.1 Å². The SMILES string of the molecule is COc1cc(C)c(C(O)c2ccc(C)cc2Cl)cc1OC. The zero-order chi connectivity index (χ0) is 15.6. The van der Waals surface area contributed by atoms with Crippen molar-refractivity contribution >= 4 is 11.6 Å². The summed E-state index contributed by atoms with van der Waals surface area (Å²) in [6.45, 7) is 3.88. The molecule has 3 nitrogen and oxygen atoms in total. The minimum absolute atomic E-state index is 0.552. The maximum atomic E-state index is 10.6. The molecule has 4 heteroatoms. The third-order valence-corrected chi connectivity index (χ3v) is 3.84. The molecule has 0 aliphatic rings. The summed E-state index contributed by atoms with van der Waals surface area (Å²) in [5.41, 5.74) is 3.40. The second-order valence-corrected chi connectivity index (χ2v) is 5.40. The van der Waals surface area contributed by atoms with Crippen LogP contribution in [0.5, 0.6) is 11.5 Å². The Balaban J connectivity index is 2.50. The van der Waals surface area contributed by atoms with Crippen LogP contribution >= 0.6 is 11.6 Å². The van der Waals surface area contributed by atoms with E-state index in [0.717, 1.165) is 16.7 Å². The number of rotatable bonds is 4. The first-order chi connectivity index (χ1) is 9.97. The average molecular weight is 307 g/mol. The fourth-order valence-electron chi connectivity index (χ4n) is 2.31. The number of methoxy groups -OCH3 is 2. The Hall–Kier alpha value is -1.71. The second kappa shape index (κ2) is 6.37. The number of aliphatic hydroxyl groups excluding tert-OH is 1. The molecule has 2 aromatic carbocycles. The van der Waals surface area contributed by atoms with Gasteiger partial charge in [0.15, 0.2) is 11.5 Å². The molecule has 0 saturated carbocycles. The van der Waals surface area contributed by atoms with Crippen LogP contribution < -0.4 is 9.47 Å². The lowest BCUT2D eigenvalue weighted by Gasteiger charge is -2.18. The highest BCUT2D eigenvalue weighted by Gasteiger charge is 2.19. The van der Waals surface area contributed by atoms with E-state index in [2.05, 4.69) is 0 Å². The summed E-state index contributed by atoms with van der Waals surface area (Å²) in [4.78, 5) is 0. The van der Waals surface area contributed by atoms with Crippen LogP contribution in [0.3, 0.4) is 0 Å².